The number of nitrogens with zero attached hydrogens (tertiary/aromatic N) is 2. The molecule has 0 aliphatic rings. The van der Waals surface area contributed by atoms with Gasteiger partial charge in [-0.2, -0.15) is 5.26 Å². The molecule has 0 unspecified atom stereocenters. The Balaban J connectivity index is 2.89. The lowest BCUT2D eigenvalue weighted by atomic mass is 10.1. The van der Waals surface area contributed by atoms with Crippen LogP contribution < -0.4 is 5.32 Å². The summed E-state index contributed by atoms with van der Waals surface area (Å²) < 4.78 is 13.4. The molecule has 19 heavy (non-hydrogen) atoms. The van der Waals surface area contributed by atoms with Crippen LogP contribution in [0.15, 0.2) is 18.2 Å². The van der Waals surface area contributed by atoms with Crippen molar-refractivity contribution in [2.24, 2.45) is 0 Å². The van der Waals surface area contributed by atoms with Crippen LogP contribution in [0.25, 0.3) is 0 Å². The van der Waals surface area contributed by atoms with E-state index >= 15 is 0 Å². The molecule has 2 amide bonds. The van der Waals surface area contributed by atoms with Crippen molar-refractivity contribution in [1.82, 2.24) is 4.90 Å². The van der Waals surface area contributed by atoms with Crippen molar-refractivity contribution < 1.29 is 19.1 Å². The van der Waals surface area contributed by atoms with E-state index in [9.17, 15) is 14.0 Å². The zero-order valence-corrected chi connectivity index (χ0v) is 10.2. The van der Waals surface area contributed by atoms with E-state index < -0.39 is 23.4 Å². The van der Waals surface area contributed by atoms with E-state index in [2.05, 4.69) is 5.32 Å². The Morgan fingerprint density at radius 2 is 2.21 bits per heavy atom. The summed E-state index contributed by atoms with van der Waals surface area (Å²) >= 11 is 0. The lowest BCUT2D eigenvalue weighted by molar-refractivity contribution is 0.0693. The zero-order valence-electron chi connectivity index (χ0n) is 10.2. The number of aromatic carboxylic acids is 1. The van der Waals surface area contributed by atoms with Crippen LogP contribution in [0.3, 0.4) is 0 Å². The van der Waals surface area contributed by atoms with Gasteiger partial charge in [0.2, 0.25) is 0 Å². The molecule has 100 valence electrons. The highest BCUT2D eigenvalue weighted by Crippen LogP contribution is 2.19. The predicted molar refractivity (Wildman–Crippen MR) is 65.2 cm³/mol. The smallest absolute Gasteiger partial charge is 0.340 e. The standard InChI is InChI=1S/C12H12FN3O3/c1-16(7-3-6-14)12(19)15-9-5-2-4-8(13)10(9)11(17)18/h2,4-5H,3,7H2,1H3,(H,15,19)(H,17,18). The number of benzene rings is 1. The monoisotopic (exact) mass is 265 g/mol. The van der Waals surface area contributed by atoms with Gasteiger partial charge in [-0.3, -0.25) is 0 Å². The van der Waals surface area contributed by atoms with Crippen LogP contribution in [-0.4, -0.2) is 35.6 Å². The normalized spacial score (nSPS) is 9.53. The van der Waals surface area contributed by atoms with E-state index in [0.717, 1.165) is 6.07 Å². The Bertz CT molecular complexity index is 540. The van der Waals surface area contributed by atoms with Crippen LogP contribution in [0.2, 0.25) is 0 Å². The quantitative estimate of drug-likeness (QED) is 0.869. The molecule has 0 saturated carbocycles. The van der Waals surface area contributed by atoms with Crippen LogP contribution in [-0.2, 0) is 0 Å². The Morgan fingerprint density at radius 1 is 1.53 bits per heavy atom. The molecule has 0 spiro atoms. The Labute approximate surface area is 109 Å². The molecule has 0 saturated heterocycles. The molecule has 0 radical (unpaired) electrons. The van der Waals surface area contributed by atoms with Gasteiger partial charge >= 0.3 is 12.0 Å². The number of carboxylic acids is 1. The molecule has 1 rings (SSSR count). The first kappa shape index (κ1) is 14.4. The first-order valence-electron chi connectivity index (χ1n) is 5.38. The molecule has 6 nitrogen and oxygen atoms in total. The number of carbonyl (C=O) groups is 2. The second-order valence-electron chi connectivity index (χ2n) is 3.73. The fourth-order valence-electron chi connectivity index (χ4n) is 1.38. The molecule has 0 aliphatic heterocycles. The molecule has 0 bridgehead atoms. The van der Waals surface area contributed by atoms with E-state index in [1.165, 1.54) is 24.1 Å². The number of halogens is 1. The van der Waals surface area contributed by atoms with E-state index in [-0.39, 0.29) is 18.7 Å². The molecule has 7 heteroatoms. The molecule has 2 N–H and O–H groups in total. The van der Waals surface area contributed by atoms with Crippen LogP contribution in [0, 0.1) is 17.1 Å². The maximum Gasteiger partial charge on any atom is 0.340 e. The number of carboxylic acid groups (broad SMARTS) is 1. The summed E-state index contributed by atoms with van der Waals surface area (Å²) in [7, 11) is 1.45. The van der Waals surface area contributed by atoms with E-state index in [1.54, 1.807) is 0 Å². The summed E-state index contributed by atoms with van der Waals surface area (Å²) in [6.07, 6.45) is 0.152. The SMILES string of the molecule is CN(CCC#N)C(=O)Nc1cccc(F)c1C(=O)O. The van der Waals surface area contributed by atoms with Crippen molar-refractivity contribution in [1.29, 1.82) is 5.26 Å². The van der Waals surface area contributed by atoms with Crippen LogP contribution >= 0.6 is 0 Å². The van der Waals surface area contributed by atoms with Gasteiger partial charge in [-0.05, 0) is 12.1 Å². The van der Waals surface area contributed by atoms with Gasteiger partial charge in [0, 0.05) is 13.6 Å². The van der Waals surface area contributed by atoms with E-state index in [1.807, 2.05) is 6.07 Å². The molecule has 0 heterocycles. The third-order valence-corrected chi connectivity index (χ3v) is 2.37. The molecule has 0 atom stereocenters. The molecule has 0 fully saturated rings. The highest BCUT2D eigenvalue weighted by molar-refractivity contribution is 6.00. The van der Waals surface area contributed by atoms with Crippen molar-refractivity contribution in [3.63, 3.8) is 0 Å². The van der Waals surface area contributed by atoms with Crippen LogP contribution in [0.4, 0.5) is 14.9 Å². The second-order valence-corrected chi connectivity index (χ2v) is 3.73. The van der Waals surface area contributed by atoms with Gasteiger partial charge in [0.25, 0.3) is 0 Å². The lowest BCUT2D eigenvalue weighted by Gasteiger charge is -2.17. The van der Waals surface area contributed by atoms with Gasteiger partial charge in [-0.15, -0.1) is 0 Å². The Hall–Kier alpha value is -2.62. The van der Waals surface area contributed by atoms with Crippen molar-refractivity contribution in [2.45, 2.75) is 6.42 Å². The van der Waals surface area contributed by atoms with E-state index in [0.29, 0.717) is 0 Å². The average Bonchev–Trinajstić information content (AvgIpc) is 2.35. The number of rotatable bonds is 4. The molecule has 1 aromatic rings. The second kappa shape index (κ2) is 6.35. The summed E-state index contributed by atoms with van der Waals surface area (Å²) in [5, 5.41) is 19.6. The molecule has 0 aromatic heterocycles. The number of hydrogen-bond donors (Lipinski definition) is 2. The molecular formula is C12H12FN3O3. The van der Waals surface area contributed by atoms with Crippen LogP contribution in [0.5, 0.6) is 0 Å². The van der Waals surface area contributed by atoms with Gasteiger partial charge in [0.1, 0.15) is 11.4 Å². The minimum absolute atomic E-state index is 0.124. The zero-order chi connectivity index (χ0) is 14.4. The van der Waals surface area contributed by atoms with Crippen molar-refractivity contribution in [2.75, 3.05) is 18.9 Å². The maximum absolute atomic E-state index is 13.4. The number of nitriles is 1. The number of hydrogen-bond acceptors (Lipinski definition) is 3. The molecule has 0 aliphatic carbocycles. The highest BCUT2D eigenvalue weighted by atomic mass is 19.1. The van der Waals surface area contributed by atoms with Crippen molar-refractivity contribution in [3.05, 3.63) is 29.6 Å². The fraction of sp³-hybridized carbons (Fsp3) is 0.250. The number of amides is 2. The summed E-state index contributed by atoms with van der Waals surface area (Å²) in [4.78, 5) is 23.8. The van der Waals surface area contributed by atoms with Crippen molar-refractivity contribution in [3.8, 4) is 6.07 Å². The average molecular weight is 265 g/mol. The Kier molecular flexibility index (Phi) is 4.83. The molecular weight excluding hydrogens is 253 g/mol. The largest absolute Gasteiger partial charge is 0.478 e. The first-order chi connectivity index (χ1) is 8.97. The van der Waals surface area contributed by atoms with Gasteiger partial charge < -0.3 is 15.3 Å². The van der Waals surface area contributed by atoms with Gasteiger partial charge in [-0.1, -0.05) is 6.07 Å². The van der Waals surface area contributed by atoms with E-state index in [4.69, 9.17) is 10.4 Å². The van der Waals surface area contributed by atoms with Gasteiger partial charge in [0.15, 0.2) is 0 Å². The summed E-state index contributed by atoms with van der Waals surface area (Å²) in [5.41, 5.74) is -0.717. The van der Waals surface area contributed by atoms with Crippen LogP contribution in [0.1, 0.15) is 16.8 Å². The first-order valence-corrected chi connectivity index (χ1v) is 5.38. The minimum atomic E-state index is -1.46. The lowest BCUT2D eigenvalue weighted by Crippen LogP contribution is -2.32. The predicted octanol–water partition coefficient (Wildman–Crippen LogP) is 1.90. The summed E-state index contributed by atoms with van der Waals surface area (Å²) in [6.45, 7) is 0.194. The topological polar surface area (TPSA) is 93.4 Å². The number of nitrogens with one attached hydrogen (secondary N) is 1. The van der Waals surface area contributed by atoms with Crippen molar-refractivity contribution >= 4 is 17.7 Å². The van der Waals surface area contributed by atoms with Gasteiger partial charge in [0.05, 0.1) is 18.2 Å². The third kappa shape index (κ3) is 3.67. The summed E-state index contributed by atoms with van der Waals surface area (Å²) in [5.74, 6) is -2.39. The maximum atomic E-state index is 13.4. The fourth-order valence-corrected chi connectivity index (χ4v) is 1.38. The minimum Gasteiger partial charge on any atom is -0.478 e. The Morgan fingerprint density at radius 3 is 2.79 bits per heavy atom. The number of carbonyl (C=O) groups excluding carboxylic acids is 1. The number of anilines is 1. The summed E-state index contributed by atoms with van der Waals surface area (Å²) in [6, 6.07) is 4.86. The molecule has 1 aromatic carbocycles. The number of urea groups is 1. The van der Waals surface area contributed by atoms with Gasteiger partial charge in [-0.25, -0.2) is 14.0 Å². The highest BCUT2D eigenvalue weighted by Gasteiger charge is 2.18. The third-order valence-electron chi connectivity index (χ3n) is 2.37.